The van der Waals surface area contributed by atoms with Crippen molar-refractivity contribution in [2.45, 2.75) is 117 Å². The van der Waals surface area contributed by atoms with E-state index in [0.29, 0.717) is 5.78 Å². The number of carbonyl (C=O) groups is 1. The second-order valence-corrected chi connectivity index (χ2v) is 8.54. The van der Waals surface area contributed by atoms with Crippen molar-refractivity contribution in [2.75, 3.05) is 0 Å². The van der Waals surface area contributed by atoms with Gasteiger partial charge in [0.2, 0.25) is 0 Å². The third kappa shape index (κ3) is 11.3. The lowest BCUT2D eigenvalue weighted by molar-refractivity contribution is -0.126. The van der Waals surface area contributed by atoms with Crippen LogP contribution in [0.3, 0.4) is 0 Å². The minimum Gasteiger partial charge on any atom is -0.299 e. The molecule has 1 nitrogen and oxygen atoms in total. The summed E-state index contributed by atoms with van der Waals surface area (Å²) < 4.78 is 0. The highest BCUT2D eigenvalue weighted by Gasteiger charge is 2.20. The zero-order chi connectivity index (χ0) is 16.3. The Morgan fingerprint density at radius 1 is 0.727 bits per heavy atom. The second-order valence-electron chi connectivity index (χ2n) is 8.54. The van der Waals surface area contributed by atoms with Crippen LogP contribution in [0, 0.1) is 11.3 Å². The molecule has 0 radical (unpaired) electrons. The van der Waals surface area contributed by atoms with Crippen molar-refractivity contribution < 1.29 is 4.79 Å². The fourth-order valence-corrected chi connectivity index (χ4v) is 3.09. The fraction of sp³-hybridized carbons (Fsp3) is 0.952. The van der Waals surface area contributed by atoms with Crippen LogP contribution in [0.4, 0.5) is 0 Å². The Hall–Kier alpha value is -0.330. The molecule has 1 fully saturated rings. The second kappa shape index (κ2) is 11.2. The summed E-state index contributed by atoms with van der Waals surface area (Å²) in [5.74, 6) is 1.55. The Morgan fingerprint density at radius 2 is 1.14 bits per heavy atom. The largest absolute Gasteiger partial charge is 0.299 e. The third-order valence-electron chi connectivity index (χ3n) is 5.05. The summed E-state index contributed by atoms with van der Waals surface area (Å²) in [6, 6.07) is 0. The van der Waals surface area contributed by atoms with Crippen molar-refractivity contribution in [3.63, 3.8) is 0 Å². The molecule has 0 saturated heterocycles. The van der Waals surface area contributed by atoms with E-state index in [1.807, 2.05) is 20.8 Å². The van der Waals surface area contributed by atoms with Crippen LogP contribution in [-0.4, -0.2) is 5.78 Å². The standard InChI is InChI=1S/C21H40O/c1-21(2,3)20(22)16-14-12-10-8-6-4-5-7-9-11-13-15-19-17-18-19/h19H,4-18H2,1-3H3. The van der Waals surface area contributed by atoms with Gasteiger partial charge in [-0.25, -0.2) is 0 Å². The number of unbranched alkanes of at least 4 members (excludes halogenated alkanes) is 10. The molecule has 0 atom stereocenters. The molecule has 0 spiro atoms. The van der Waals surface area contributed by atoms with E-state index >= 15 is 0 Å². The van der Waals surface area contributed by atoms with Gasteiger partial charge in [0.05, 0.1) is 0 Å². The summed E-state index contributed by atoms with van der Waals surface area (Å²) >= 11 is 0. The van der Waals surface area contributed by atoms with Crippen LogP contribution >= 0.6 is 0 Å². The molecule has 1 rings (SSSR count). The van der Waals surface area contributed by atoms with Crippen molar-refractivity contribution in [3.8, 4) is 0 Å². The van der Waals surface area contributed by atoms with E-state index in [9.17, 15) is 4.79 Å². The lowest BCUT2D eigenvalue weighted by Crippen LogP contribution is -2.19. The number of carbonyl (C=O) groups excluding carboxylic acids is 1. The first-order valence-electron chi connectivity index (χ1n) is 10.0. The van der Waals surface area contributed by atoms with E-state index in [-0.39, 0.29) is 5.41 Å². The van der Waals surface area contributed by atoms with Gasteiger partial charge in [0, 0.05) is 11.8 Å². The molecular weight excluding hydrogens is 268 g/mol. The molecule has 1 heteroatoms. The molecule has 0 N–H and O–H groups in total. The zero-order valence-electron chi connectivity index (χ0n) is 15.6. The quantitative estimate of drug-likeness (QED) is 0.313. The van der Waals surface area contributed by atoms with Gasteiger partial charge in [-0.05, 0) is 12.3 Å². The van der Waals surface area contributed by atoms with E-state index < -0.39 is 0 Å². The highest BCUT2D eigenvalue weighted by Crippen LogP contribution is 2.34. The Balaban J connectivity index is 1.71. The molecule has 0 unspecified atom stereocenters. The maximum Gasteiger partial charge on any atom is 0.138 e. The van der Waals surface area contributed by atoms with Gasteiger partial charge in [0.1, 0.15) is 5.78 Å². The summed E-state index contributed by atoms with van der Waals surface area (Å²) in [6.07, 6.45) is 20.5. The van der Waals surface area contributed by atoms with Gasteiger partial charge in [0.15, 0.2) is 0 Å². The molecule has 0 heterocycles. The molecule has 0 aromatic heterocycles. The molecule has 1 aliphatic carbocycles. The number of Topliss-reactive ketones (excluding diaryl/α,β-unsaturated/α-hetero) is 1. The van der Waals surface area contributed by atoms with E-state index in [0.717, 1.165) is 18.8 Å². The van der Waals surface area contributed by atoms with Gasteiger partial charge in [-0.15, -0.1) is 0 Å². The lowest BCUT2D eigenvalue weighted by Gasteiger charge is -2.16. The fourth-order valence-electron chi connectivity index (χ4n) is 3.09. The maximum atomic E-state index is 11.8. The summed E-state index contributed by atoms with van der Waals surface area (Å²) in [5.41, 5.74) is -0.140. The van der Waals surface area contributed by atoms with Gasteiger partial charge < -0.3 is 0 Å². The van der Waals surface area contributed by atoms with Gasteiger partial charge in [0.25, 0.3) is 0 Å². The number of ketones is 1. The molecule has 1 aliphatic rings. The van der Waals surface area contributed by atoms with Crippen molar-refractivity contribution in [1.82, 2.24) is 0 Å². The molecule has 0 aliphatic heterocycles. The summed E-state index contributed by atoms with van der Waals surface area (Å²) in [5, 5.41) is 0. The zero-order valence-corrected chi connectivity index (χ0v) is 15.6. The van der Waals surface area contributed by atoms with Crippen molar-refractivity contribution >= 4 is 5.78 Å². The molecule has 130 valence electrons. The average molecular weight is 309 g/mol. The molecule has 1 saturated carbocycles. The lowest BCUT2D eigenvalue weighted by atomic mass is 9.88. The van der Waals surface area contributed by atoms with E-state index in [1.165, 1.54) is 83.5 Å². The predicted octanol–water partition coefficient (Wildman–Crippen LogP) is 7.08. The minimum absolute atomic E-state index is 0.140. The topological polar surface area (TPSA) is 17.1 Å². The Morgan fingerprint density at radius 3 is 1.55 bits per heavy atom. The van der Waals surface area contributed by atoms with Crippen LogP contribution in [-0.2, 0) is 4.79 Å². The van der Waals surface area contributed by atoms with Gasteiger partial charge >= 0.3 is 0 Å². The Bertz CT molecular complexity index is 283. The molecule has 0 aromatic carbocycles. The van der Waals surface area contributed by atoms with Gasteiger partial charge in [-0.2, -0.15) is 0 Å². The van der Waals surface area contributed by atoms with Gasteiger partial charge in [-0.1, -0.05) is 104 Å². The monoisotopic (exact) mass is 308 g/mol. The summed E-state index contributed by atoms with van der Waals surface area (Å²) in [7, 11) is 0. The third-order valence-corrected chi connectivity index (χ3v) is 5.05. The average Bonchev–Trinajstić information content (AvgIpc) is 3.26. The first-order chi connectivity index (χ1) is 10.5. The van der Waals surface area contributed by atoms with Crippen LogP contribution < -0.4 is 0 Å². The summed E-state index contributed by atoms with van der Waals surface area (Å²) in [6.45, 7) is 6.09. The van der Waals surface area contributed by atoms with Crippen LogP contribution in [0.25, 0.3) is 0 Å². The van der Waals surface area contributed by atoms with Crippen molar-refractivity contribution in [3.05, 3.63) is 0 Å². The Labute approximate surface area is 139 Å². The first-order valence-corrected chi connectivity index (χ1v) is 10.0. The van der Waals surface area contributed by atoms with Crippen LogP contribution in [0.1, 0.15) is 117 Å². The molecule has 0 aromatic rings. The molecule has 0 bridgehead atoms. The smallest absolute Gasteiger partial charge is 0.138 e. The predicted molar refractivity (Wildman–Crippen MR) is 97.2 cm³/mol. The molecule has 22 heavy (non-hydrogen) atoms. The van der Waals surface area contributed by atoms with E-state index in [2.05, 4.69) is 0 Å². The highest BCUT2D eigenvalue weighted by molar-refractivity contribution is 5.83. The van der Waals surface area contributed by atoms with Crippen molar-refractivity contribution in [2.24, 2.45) is 11.3 Å². The maximum absolute atomic E-state index is 11.8. The van der Waals surface area contributed by atoms with Crippen LogP contribution in [0.15, 0.2) is 0 Å². The first kappa shape index (κ1) is 19.7. The van der Waals surface area contributed by atoms with E-state index in [1.54, 1.807) is 0 Å². The Kier molecular flexibility index (Phi) is 10.1. The van der Waals surface area contributed by atoms with Crippen molar-refractivity contribution in [1.29, 1.82) is 0 Å². The highest BCUT2D eigenvalue weighted by atomic mass is 16.1. The van der Waals surface area contributed by atoms with Crippen LogP contribution in [0.5, 0.6) is 0 Å². The minimum atomic E-state index is -0.140. The van der Waals surface area contributed by atoms with E-state index in [4.69, 9.17) is 0 Å². The summed E-state index contributed by atoms with van der Waals surface area (Å²) in [4.78, 5) is 11.8. The SMILES string of the molecule is CC(C)(C)C(=O)CCCCCCCCCCCCCC1CC1. The molecule has 0 amide bonds. The number of rotatable bonds is 14. The van der Waals surface area contributed by atoms with Crippen LogP contribution in [0.2, 0.25) is 0 Å². The number of hydrogen-bond donors (Lipinski definition) is 0. The normalized spacial score (nSPS) is 15.2. The van der Waals surface area contributed by atoms with Gasteiger partial charge in [-0.3, -0.25) is 4.79 Å². The number of hydrogen-bond acceptors (Lipinski definition) is 1. The molecular formula is C21H40O.